The van der Waals surface area contributed by atoms with Gasteiger partial charge in [-0.3, -0.25) is 0 Å². The fourth-order valence-electron chi connectivity index (χ4n) is 1.81. The molecule has 0 fully saturated rings. The van der Waals surface area contributed by atoms with Crippen LogP contribution in [0.15, 0.2) is 35.7 Å². The molecule has 1 nitrogen and oxygen atoms in total. The number of thiophene rings is 1. The van der Waals surface area contributed by atoms with Crippen LogP contribution in [-0.4, -0.2) is 7.11 Å². The highest BCUT2D eigenvalue weighted by atomic mass is 79.9. The molecule has 1 aromatic heterocycles. The summed E-state index contributed by atoms with van der Waals surface area (Å²) in [5.74, 6) is 0.953. The lowest BCUT2D eigenvalue weighted by Crippen LogP contribution is -1.98. The second-order valence-corrected chi connectivity index (χ2v) is 6.13. The Bertz CT molecular complexity index is 479. The number of hydrogen-bond acceptors (Lipinski definition) is 2. The first-order chi connectivity index (χ1) is 8.20. The first-order valence-electron chi connectivity index (χ1n) is 5.51. The second-order valence-electron chi connectivity index (χ2n) is 4.00. The van der Waals surface area contributed by atoms with Crippen LogP contribution in [0, 0.1) is 6.92 Å². The van der Waals surface area contributed by atoms with Crippen molar-refractivity contribution in [1.82, 2.24) is 0 Å². The van der Waals surface area contributed by atoms with Gasteiger partial charge in [0.15, 0.2) is 0 Å². The molecule has 0 N–H and O–H groups in total. The average Bonchev–Trinajstić information content (AvgIpc) is 2.81. The van der Waals surface area contributed by atoms with Gasteiger partial charge in [0.25, 0.3) is 0 Å². The number of rotatable bonds is 4. The van der Waals surface area contributed by atoms with Gasteiger partial charge in [-0.2, -0.15) is 0 Å². The van der Waals surface area contributed by atoms with Crippen LogP contribution in [0.25, 0.3) is 0 Å². The molecule has 90 valence electrons. The quantitative estimate of drug-likeness (QED) is 0.741. The van der Waals surface area contributed by atoms with Gasteiger partial charge in [0, 0.05) is 15.3 Å². The molecule has 2 aromatic rings. The Balaban J connectivity index is 2.23. The molecule has 0 radical (unpaired) electrons. The van der Waals surface area contributed by atoms with Crippen molar-refractivity contribution >= 4 is 27.3 Å². The highest BCUT2D eigenvalue weighted by Gasteiger charge is 2.14. The smallest absolute Gasteiger partial charge is 0.123 e. The van der Waals surface area contributed by atoms with Crippen molar-refractivity contribution in [3.63, 3.8) is 0 Å². The number of alkyl halides is 1. The van der Waals surface area contributed by atoms with Gasteiger partial charge in [-0.1, -0.05) is 39.7 Å². The summed E-state index contributed by atoms with van der Waals surface area (Å²) in [6, 6.07) is 10.6. The standard InChI is InChI=1S/C14H15BrOS/c1-10-5-6-14(16-2)12(8-10)13(15)9-11-4-3-7-17-11/h3-8,13H,9H2,1-2H3. The Kier molecular flexibility index (Phi) is 4.24. The van der Waals surface area contributed by atoms with E-state index in [4.69, 9.17) is 4.74 Å². The molecule has 1 heterocycles. The zero-order valence-corrected chi connectivity index (χ0v) is 12.3. The zero-order valence-electron chi connectivity index (χ0n) is 9.94. The first kappa shape index (κ1) is 12.7. The lowest BCUT2D eigenvalue weighted by atomic mass is 10.0. The van der Waals surface area contributed by atoms with Crippen LogP contribution in [0.3, 0.4) is 0 Å². The highest BCUT2D eigenvalue weighted by Crippen LogP contribution is 2.35. The minimum Gasteiger partial charge on any atom is -0.496 e. The minimum atomic E-state index is 0.302. The fraction of sp³-hybridized carbons (Fsp3) is 0.286. The summed E-state index contributed by atoms with van der Waals surface area (Å²) in [7, 11) is 1.72. The van der Waals surface area contributed by atoms with E-state index in [0.717, 1.165) is 12.2 Å². The first-order valence-corrected chi connectivity index (χ1v) is 7.31. The van der Waals surface area contributed by atoms with Crippen LogP contribution < -0.4 is 4.74 Å². The van der Waals surface area contributed by atoms with Crippen LogP contribution in [0.4, 0.5) is 0 Å². The van der Waals surface area contributed by atoms with Crippen LogP contribution in [0.1, 0.15) is 20.8 Å². The summed E-state index contributed by atoms with van der Waals surface area (Å²) in [4.78, 5) is 1.69. The molecular weight excluding hydrogens is 296 g/mol. The topological polar surface area (TPSA) is 9.23 Å². The van der Waals surface area contributed by atoms with Gasteiger partial charge in [-0.15, -0.1) is 11.3 Å². The van der Waals surface area contributed by atoms with Gasteiger partial charge in [-0.05, 0) is 30.9 Å². The maximum absolute atomic E-state index is 5.41. The molecule has 0 saturated heterocycles. The van der Waals surface area contributed by atoms with E-state index in [1.165, 1.54) is 16.0 Å². The van der Waals surface area contributed by atoms with E-state index in [1.807, 2.05) is 6.07 Å². The summed E-state index contributed by atoms with van der Waals surface area (Å²) < 4.78 is 5.41. The van der Waals surface area contributed by atoms with Gasteiger partial charge >= 0.3 is 0 Å². The summed E-state index contributed by atoms with van der Waals surface area (Å²) in [5.41, 5.74) is 2.48. The maximum Gasteiger partial charge on any atom is 0.123 e. The SMILES string of the molecule is COc1ccc(C)cc1C(Br)Cc1cccs1. The van der Waals surface area contributed by atoms with Gasteiger partial charge in [0.05, 0.1) is 7.11 Å². The average molecular weight is 311 g/mol. The van der Waals surface area contributed by atoms with Crippen molar-refractivity contribution in [2.45, 2.75) is 18.2 Å². The second kappa shape index (κ2) is 5.69. The van der Waals surface area contributed by atoms with Gasteiger partial charge in [-0.25, -0.2) is 0 Å². The molecule has 0 aliphatic carbocycles. The molecule has 0 aliphatic rings. The molecule has 0 saturated carbocycles. The predicted octanol–water partition coefficient (Wildman–Crippen LogP) is 4.74. The van der Waals surface area contributed by atoms with E-state index < -0.39 is 0 Å². The van der Waals surface area contributed by atoms with E-state index in [0.29, 0.717) is 4.83 Å². The Labute approximate surface area is 115 Å². The van der Waals surface area contributed by atoms with Crippen molar-refractivity contribution < 1.29 is 4.74 Å². The number of hydrogen-bond donors (Lipinski definition) is 0. The number of aryl methyl sites for hydroxylation is 1. The summed E-state index contributed by atoms with van der Waals surface area (Å²) in [5, 5.41) is 2.11. The van der Waals surface area contributed by atoms with Gasteiger partial charge in [0.2, 0.25) is 0 Å². The van der Waals surface area contributed by atoms with Crippen molar-refractivity contribution in [3.05, 3.63) is 51.7 Å². The zero-order chi connectivity index (χ0) is 12.3. The van der Waals surface area contributed by atoms with Gasteiger partial charge < -0.3 is 4.74 Å². The molecule has 1 atom stereocenters. The third-order valence-corrected chi connectivity index (χ3v) is 4.40. The maximum atomic E-state index is 5.41. The monoisotopic (exact) mass is 310 g/mol. The van der Waals surface area contributed by atoms with Crippen molar-refractivity contribution in [1.29, 1.82) is 0 Å². The van der Waals surface area contributed by atoms with Crippen LogP contribution in [0.5, 0.6) is 5.75 Å². The van der Waals surface area contributed by atoms with E-state index in [2.05, 4.69) is 52.5 Å². The summed E-state index contributed by atoms with van der Waals surface area (Å²) in [6.07, 6.45) is 0.998. The minimum absolute atomic E-state index is 0.302. The Morgan fingerprint density at radius 1 is 1.35 bits per heavy atom. The molecule has 1 unspecified atom stereocenters. The Morgan fingerprint density at radius 3 is 2.82 bits per heavy atom. The Morgan fingerprint density at radius 2 is 2.18 bits per heavy atom. The number of halogens is 1. The molecule has 0 spiro atoms. The van der Waals surface area contributed by atoms with Crippen LogP contribution in [0.2, 0.25) is 0 Å². The number of benzene rings is 1. The number of methoxy groups -OCH3 is 1. The fourth-order valence-corrected chi connectivity index (χ4v) is 3.49. The normalized spacial score (nSPS) is 12.4. The summed E-state index contributed by atoms with van der Waals surface area (Å²) in [6.45, 7) is 2.10. The molecule has 0 aliphatic heterocycles. The van der Waals surface area contributed by atoms with Crippen molar-refractivity contribution in [2.24, 2.45) is 0 Å². The molecular formula is C14H15BrOS. The van der Waals surface area contributed by atoms with E-state index in [9.17, 15) is 0 Å². The lowest BCUT2D eigenvalue weighted by molar-refractivity contribution is 0.409. The lowest BCUT2D eigenvalue weighted by Gasteiger charge is -2.14. The predicted molar refractivity (Wildman–Crippen MR) is 77.4 cm³/mol. The number of ether oxygens (including phenoxy) is 1. The highest BCUT2D eigenvalue weighted by molar-refractivity contribution is 9.09. The molecule has 2 rings (SSSR count). The third kappa shape index (κ3) is 3.11. The van der Waals surface area contributed by atoms with Crippen LogP contribution >= 0.6 is 27.3 Å². The molecule has 0 bridgehead atoms. The Hall–Kier alpha value is -0.800. The van der Waals surface area contributed by atoms with Crippen molar-refractivity contribution in [3.8, 4) is 5.75 Å². The molecule has 3 heteroatoms. The van der Waals surface area contributed by atoms with Crippen molar-refractivity contribution in [2.75, 3.05) is 7.11 Å². The van der Waals surface area contributed by atoms with E-state index in [1.54, 1.807) is 18.4 Å². The summed E-state index contributed by atoms with van der Waals surface area (Å²) >= 11 is 5.55. The largest absolute Gasteiger partial charge is 0.496 e. The van der Waals surface area contributed by atoms with E-state index in [-0.39, 0.29) is 0 Å². The van der Waals surface area contributed by atoms with Crippen LogP contribution in [-0.2, 0) is 6.42 Å². The third-order valence-electron chi connectivity index (χ3n) is 2.68. The molecule has 0 amide bonds. The molecule has 1 aromatic carbocycles. The van der Waals surface area contributed by atoms with E-state index >= 15 is 0 Å². The molecule has 17 heavy (non-hydrogen) atoms. The van der Waals surface area contributed by atoms with Gasteiger partial charge in [0.1, 0.15) is 5.75 Å².